The number of quaternary nitrogens is 2. The van der Waals surface area contributed by atoms with Crippen molar-refractivity contribution in [3.05, 3.63) is 71.3 Å². The Morgan fingerprint density at radius 1 is 0.929 bits per heavy atom. The van der Waals surface area contributed by atoms with Crippen molar-refractivity contribution in [2.75, 3.05) is 39.3 Å². The second-order valence-corrected chi connectivity index (χ2v) is 8.43. The van der Waals surface area contributed by atoms with Gasteiger partial charge in [0.25, 0.3) is 0 Å². The minimum Gasteiger partial charge on any atom is -0.385 e. The van der Waals surface area contributed by atoms with E-state index in [1.807, 2.05) is 0 Å². The van der Waals surface area contributed by atoms with Crippen molar-refractivity contribution in [3.63, 3.8) is 0 Å². The number of aryl methyl sites for hydroxylation is 1. The highest BCUT2D eigenvalue weighted by atomic mass is 16.5. The molecule has 2 aromatic carbocycles. The summed E-state index contributed by atoms with van der Waals surface area (Å²) in [6.45, 7) is 6.97. The molecule has 0 aromatic heterocycles. The molecule has 2 atom stereocenters. The molecule has 0 radical (unpaired) electrons. The summed E-state index contributed by atoms with van der Waals surface area (Å²) in [6, 6.07) is 19.4. The molecule has 1 aliphatic heterocycles. The van der Waals surface area contributed by atoms with E-state index in [0.717, 1.165) is 39.0 Å². The summed E-state index contributed by atoms with van der Waals surface area (Å²) in [6.07, 6.45) is 3.17. The standard InChI is InChI=1S/C24H32N2O2/c27-22(19-28-24-12-6-10-21-9-4-5-11-23(21)24)18-26-15-13-25(14-16-26)17-20-7-2-1-3-8-20/h1-5,7-9,11,22,24,27H,6,10,12-19H2/p+2/t22-,24-/m1/s1. The average molecular weight is 383 g/mol. The predicted molar refractivity (Wildman–Crippen MR) is 110 cm³/mol. The molecule has 3 N–H and O–H groups in total. The summed E-state index contributed by atoms with van der Waals surface area (Å²) in [5.41, 5.74) is 4.16. The maximum absolute atomic E-state index is 10.5. The third-order valence-corrected chi connectivity index (χ3v) is 6.29. The number of nitrogens with one attached hydrogen (secondary N) is 2. The van der Waals surface area contributed by atoms with E-state index in [2.05, 4.69) is 54.6 Å². The highest BCUT2D eigenvalue weighted by Gasteiger charge is 2.26. The first kappa shape index (κ1) is 19.6. The van der Waals surface area contributed by atoms with E-state index >= 15 is 0 Å². The quantitative estimate of drug-likeness (QED) is 0.650. The minimum atomic E-state index is -0.375. The van der Waals surface area contributed by atoms with Gasteiger partial charge in [0, 0.05) is 5.56 Å². The van der Waals surface area contributed by atoms with Crippen LogP contribution in [-0.4, -0.2) is 50.5 Å². The number of aliphatic hydroxyl groups excluding tert-OH is 1. The van der Waals surface area contributed by atoms with Gasteiger partial charge in [0.2, 0.25) is 0 Å². The number of rotatable bonds is 7. The number of piperazine rings is 1. The maximum atomic E-state index is 10.5. The zero-order valence-corrected chi connectivity index (χ0v) is 16.8. The van der Waals surface area contributed by atoms with Crippen molar-refractivity contribution in [1.82, 2.24) is 0 Å². The van der Waals surface area contributed by atoms with Crippen molar-refractivity contribution in [2.45, 2.75) is 38.0 Å². The molecule has 4 rings (SSSR count). The van der Waals surface area contributed by atoms with Gasteiger partial charge in [-0.15, -0.1) is 0 Å². The highest BCUT2D eigenvalue weighted by molar-refractivity contribution is 5.31. The molecule has 1 heterocycles. The molecular weight excluding hydrogens is 348 g/mol. The lowest BCUT2D eigenvalue weighted by Gasteiger charge is -2.31. The Balaban J connectivity index is 1.19. The van der Waals surface area contributed by atoms with Crippen molar-refractivity contribution >= 4 is 0 Å². The van der Waals surface area contributed by atoms with Gasteiger partial charge < -0.3 is 19.6 Å². The van der Waals surface area contributed by atoms with Crippen LogP contribution in [0.3, 0.4) is 0 Å². The Hall–Kier alpha value is -1.72. The zero-order chi connectivity index (χ0) is 19.2. The van der Waals surface area contributed by atoms with Gasteiger partial charge in [-0.2, -0.15) is 0 Å². The molecule has 0 unspecified atom stereocenters. The van der Waals surface area contributed by atoms with E-state index in [9.17, 15) is 5.11 Å². The zero-order valence-electron chi connectivity index (χ0n) is 16.8. The van der Waals surface area contributed by atoms with Crippen LogP contribution in [0.5, 0.6) is 0 Å². The topological polar surface area (TPSA) is 38.3 Å². The minimum absolute atomic E-state index is 0.154. The van der Waals surface area contributed by atoms with Crippen LogP contribution in [0.25, 0.3) is 0 Å². The smallest absolute Gasteiger partial charge is 0.127 e. The first-order valence-electron chi connectivity index (χ1n) is 10.9. The van der Waals surface area contributed by atoms with Gasteiger partial charge in [-0.1, -0.05) is 54.6 Å². The van der Waals surface area contributed by atoms with Crippen LogP contribution in [0, 0.1) is 0 Å². The second kappa shape index (κ2) is 9.66. The molecule has 4 nitrogen and oxygen atoms in total. The molecule has 1 aliphatic carbocycles. The van der Waals surface area contributed by atoms with Crippen LogP contribution in [0.4, 0.5) is 0 Å². The van der Waals surface area contributed by atoms with Crippen molar-refractivity contribution < 1.29 is 19.6 Å². The third-order valence-electron chi connectivity index (χ3n) is 6.29. The number of ether oxygens (including phenoxy) is 1. The Morgan fingerprint density at radius 3 is 2.46 bits per heavy atom. The number of aliphatic hydroxyl groups is 1. The molecule has 4 heteroatoms. The van der Waals surface area contributed by atoms with Crippen molar-refractivity contribution in [2.24, 2.45) is 0 Å². The Kier molecular flexibility index (Phi) is 6.76. The summed E-state index contributed by atoms with van der Waals surface area (Å²) < 4.78 is 6.14. The van der Waals surface area contributed by atoms with E-state index in [0.29, 0.717) is 6.61 Å². The van der Waals surface area contributed by atoms with E-state index < -0.39 is 0 Å². The lowest BCUT2D eigenvalue weighted by molar-refractivity contribution is -1.02. The second-order valence-electron chi connectivity index (χ2n) is 8.43. The molecule has 28 heavy (non-hydrogen) atoms. The Morgan fingerprint density at radius 2 is 1.64 bits per heavy atom. The average Bonchev–Trinajstić information content (AvgIpc) is 2.74. The molecule has 2 aromatic rings. The van der Waals surface area contributed by atoms with Gasteiger partial charge in [0.05, 0.1) is 12.7 Å². The van der Waals surface area contributed by atoms with Crippen molar-refractivity contribution in [3.8, 4) is 0 Å². The fraction of sp³-hybridized carbons (Fsp3) is 0.500. The normalized spacial score (nSPS) is 25.8. The monoisotopic (exact) mass is 382 g/mol. The number of benzene rings is 2. The molecule has 1 saturated heterocycles. The van der Waals surface area contributed by atoms with Gasteiger partial charge in [-0.3, -0.25) is 0 Å². The van der Waals surface area contributed by atoms with Crippen LogP contribution in [0.15, 0.2) is 54.6 Å². The van der Waals surface area contributed by atoms with Gasteiger partial charge in [0.1, 0.15) is 45.4 Å². The van der Waals surface area contributed by atoms with Gasteiger partial charge in [-0.25, -0.2) is 0 Å². The van der Waals surface area contributed by atoms with Crippen LogP contribution in [0.1, 0.15) is 35.6 Å². The Bertz CT molecular complexity index is 728. The summed E-state index contributed by atoms with van der Waals surface area (Å²) in [7, 11) is 0. The number of fused-ring (bicyclic) bond motifs is 1. The van der Waals surface area contributed by atoms with Gasteiger partial charge >= 0.3 is 0 Å². The highest BCUT2D eigenvalue weighted by Crippen LogP contribution is 2.32. The van der Waals surface area contributed by atoms with E-state index in [4.69, 9.17) is 4.74 Å². The van der Waals surface area contributed by atoms with Crippen LogP contribution in [0.2, 0.25) is 0 Å². The first-order chi connectivity index (χ1) is 13.8. The number of hydrogen-bond donors (Lipinski definition) is 3. The largest absolute Gasteiger partial charge is 0.385 e. The molecule has 150 valence electrons. The van der Waals surface area contributed by atoms with E-state index in [1.165, 1.54) is 41.1 Å². The predicted octanol–water partition coefficient (Wildman–Crippen LogP) is 0.425. The molecule has 0 bridgehead atoms. The van der Waals surface area contributed by atoms with Crippen LogP contribution >= 0.6 is 0 Å². The third kappa shape index (κ3) is 5.21. The lowest BCUT2D eigenvalue weighted by atomic mass is 9.89. The maximum Gasteiger partial charge on any atom is 0.127 e. The fourth-order valence-corrected chi connectivity index (χ4v) is 4.72. The summed E-state index contributed by atoms with van der Waals surface area (Å²) >= 11 is 0. The molecule has 0 saturated carbocycles. The molecular formula is C24H34N2O2+2. The van der Waals surface area contributed by atoms with Gasteiger partial charge in [0.15, 0.2) is 0 Å². The Labute approximate surface area is 168 Å². The van der Waals surface area contributed by atoms with E-state index in [1.54, 1.807) is 4.90 Å². The van der Waals surface area contributed by atoms with Crippen molar-refractivity contribution in [1.29, 1.82) is 0 Å². The van der Waals surface area contributed by atoms with E-state index in [-0.39, 0.29) is 12.2 Å². The molecule has 0 spiro atoms. The molecule has 2 aliphatic rings. The van der Waals surface area contributed by atoms with Gasteiger partial charge in [-0.05, 0) is 30.4 Å². The first-order valence-corrected chi connectivity index (χ1v) is 10.9. The summed E-state index contributed by atoms with van der Waals surface area (Å²) in [5.74, 6) is 0. The molecule has 1 fully saturated rings. The SMILES string of the molecule is O[C@@H](CO[C@@H]1CCCc2ccccc21)C[NH+]1CC[NH+](Cc2ccccc2)CC1. The summed E-state index contributed by atoms with van der Waals surface area (Å²) in [5, 5.41) is 10.5. The molecule has 0 amide bonds. The summed E-state index contributed by atoms with van der Waals surface area (Å²) in [4.78, 5) is 3.16. The lowest BCUT2D eigenvalue weighted by Crippen LogP contribution is -3.28. The fourth-order valence-electron chi connectivity index (χ4n) is 4.72. The number of hydrogen-bond acceptors (Lipinski definition) is 2. The van der Waals surface area contributed by atoms with Crippen LogP contribution < -0.4 is 9.80 Å². The van der Waals surface area contributed by atoms with Crippen LogP contribution in [-0.2, 0) is 17.7 Å².